The highest BCUT2D eigenvalue weighted by molar-refractivity contribution is 7.99. The smallest absolute Gasteiger partial charge is 0.328 e. The zero-order chi connectivity index (χ0) is 18.4. The first-order valence-electron chi connectivity index (χ1n) is 8.21. The normalized spacial score (nSPS) is 16.0. The molecule has 0 spiro atoms. The van der Waals surface area contributed by atoms with Gasteiger partial charge < -0.3 is 4.74 Å². The van der Waals surface area contributed by atoms with Crippen LogP contribution in [-0.2, 0) is 11.3 Å². The molecule has 142 valence electrons. The maximum atomic E-state index is 13.4. The summed E-state index contributed by atoms with van der Waals surface area (Å²) in [6.45, 7) is 2.29. The van der Waals surface area contributed by atoms with Crippen LogP contribution in [-0.4, -0.2) is 28.5 Å². The predicted molar refractivity (Wildman–Crippen MR) is 111 cm³/mol. The Labute approximate surface area is 166 Å². The SMILES string of the molecule is CO[C@@H]1CSc2c(-c3ccc(F)cc3)c(C)cc3c(=O)[nH]c(=O)n(c23)C1.S. The molecule has 0 bridgehead atoms. The summed E-state index contributed by atoms with van der Waals surface area (Å²) in [5, 5.41) is 0.479. The molecule has 0 amide bonds. The highest BCUT2D eigenvalue weighted by atomic mass is 32.2. The Hall–Kier alpha value is -2.03. The van der Waals surface area contributed by atoms with Crippen LogP contribution >= 0.6 is 25.3 Å². The third kappa shape index (κ3) is 3.33. The minimum absolute atomic E-state index is 0. The molecule has 2 heterocycles. The first-order chi connectivity index (χ1) is 12.5. The number of methoxy groups -OCH3 is 1. The van der Waals surface area contributed by atoms with Gasteiger partial charge in [-0.2, -0.15) is 13.5 Å². The molecular weight excluding hydrogens is 387 g/mol. The zero-order valence-electron chi connectivity index (χ0n) is 14.8. The largest absolute Gasteiger partial charge is 0.379 e. The van der Waals surface area contributed by atoms with E-state index in [1.807, 2.05) is 6.92 Å². The van der Waals surface area contributed by atoms with Gasteiger partial charge in [0.2, 0.25) is 0 Å². The molecule has 5 nitrogen and oxygen atoms in total. The molecule has 0 saturated heterocycles. The summed E-state index contributed by atoms with van der Waals surface area (Å²) in [6, 6.07) is 8.05. The monoisotopic (exact) mass is 406 g/mol. The molecular formula is C19H19FN2O3S2. The van der Waals surface area contributed by atoms with E-state index in [0.717, 1.165) is 21.6 Å². The highest BCUT2D eigenvalue weighted by Gasteiger charge is 2.25. The molecule has 0 aliphatic carbocycles. The fraction of sp³-hybridized carbons (Fsp3) is 0.263. The van der Waals surface area contributed by atoms with E-state index in [4.69, 9.17) is 4.74 Å². The maximum absolute atomic E-state index is 13.4. The second kappa shape index (κ2) is 7.53. The van der Waals surface area contributed by atoms with Crippen molar-refractivity contribution in [2.24, 2.45) is 0 Å². The third-order valence-electron chi connectivity index (χ3n) is 4.70. The molecule has 4 rings (SSSR count). The van der Waals surface area contributed by atoms with Gasteiger partial charge in [0.1, 0.15) is 5.82 Å². The molecule has 1 aliphatic heterocycles. The topological polar surface area (TPSA) is 64.1 Å². The Bertz CT molecular complexity index is 1120. The van der Waals surface area contributed by atoms with Gasteiger partial charge in [-0.25, -0.2) is 9.18 Å². The number of thioether (sulfide) groups is 1. The van der Waals surface area contributed by atoms with Crippen molar-refractivity contribution in [3.63, 3.8) is 0 Å². The number of nitrogens with zero attached hydrogens (tertiary/aromatic N) is 1. The lowest BCUT2D eigenvalue weighted by molar-refractivity contribution is 0.107. The average molecular weight is 407 g/mol. The third-order valence-corrected chi connectivity index (χ3v) is 5.92. The van der Waals surface area contributed by atoms with Crippen molar-refractivity contribution in [2.75, 3.05) is 12.9 Å². The van der Waals surface area contributed by atoms with E-state index in [-0.39, 0.29) is 25.4 Å². The first-order valence-corrected chi connectivity index (χ1v) is 9.20. The Morgan fingerprint density at radius 3 is 2.63 bits per heavy atom. The van der Waals surface area contributed by atoms with Crippen LogP contribution in [0.5, 0.6) is 0 Å². The van der Waals surface area contributed by atoms with Gasteiger partial charge in [0.25, 0.3) is 5.56 Å². The summed E-state index contributed by atoms with van der Waals surface area (Å²) in [5.74, 6) is 0.344. The fourth-order valence-corrected chi connectivity index (χ4v) is 4.79. The number of aryl methyl sites for hydroxylation is 1. The number of nitrogens with one attached hydrogen (secondary N) is 1. The number of hydrogen-bond donors (Lipinski definition) is 1. The van der Waals surface area contributed by atoms with Crippen LogP contribution in [0.25, 0.3) is 22.0 Å². The van der Waals surface area contributed by atoms with Crippen LogP contribution in [0, 0.1) is 12.7 Å². The average Bonchev–Trinajstić information content (AvgIpc) is 2.81. The molecule has 1 aliphatic rings. The second-order valence-electron chi connectivity index (χ2n) is 6.34. The molecule has 0 saturated carbocycles. The van der Waals surface area contributed by atoms with E-state index in [2.05, 4.69) is 4.98 Å². The minimum Gasteiger partial charge on any atom is -0.379 e. The van der Waals surface area contributed by atoms with Crippen LogP contribution < -0.4 is 11.2 Å². The van der Waals surface area contributed by atoms with E-state index in [9.17, 15) is 14.0 Å². The Morgan fingerprint density at radius 1 is 1.26 bits per heavy atom. The van der Waals surface area contributed by atoms with Crippen molar-refractivity contribution >= 4 is 36.2 Å². The van der Waals surface area contributed by atoms with E-state index >= 15 is 0 Å². The first kappa shape index (κ1) is 19.7. The summed E-state index contributed by atoms with van der Waals surface area (Å²) in [7, 11) is 1.61. The number of aromatic amines is 1. The molecule has 1 aromatic heterocycles. The molecule has 0 fully saturated rings. The summed E-state index contributed by atoms with van der Waals surface area (Å²) < 4.78 is 20.4. The van der Waals surface area contributed by atoms with Crippen molar-refractivity contribution in [1.82, 2.24) is 9.55 Å². The zero-order valence-corrected chi connectivity index (χ0v) is 16.7. The number of hydrogen-bond acceptors (Lipinski definition) is 4. The molecule has 1 atom stereocenters. The van der Waals surface area contributed by atoms with E-state index < -0.39 is 11.2 Å². The number of rotatable bonds is 2. The Morgan fingerprint density at radius 2 is 1.96 bits per heavy atom. The van der Waals surface area contributed by atoms with Gasteiger partial charge in [-0.1, -0.05) is 12.1 Å². The summed E-state index contributed by atoms with van der Waals surface area (Å²) in [4.78, 5) is 28.1. The number of ether oxygens (including phenoxy) is 1. The van der Waals surface area contributed by atoms with Crippen molar-refractivity contribution < 1.29 is 9.13 Å². The molecule has 0 unspecified atom stereocenters. The van der Waals surface area contributed by atoms with Crippen LogP contribution in [0.4, 0.5) is 4.39 Å². The number of halogens is 1. The maximum Gasteiger partial charge on any atom is 0.328 e. The number of H-pyrrole nitrogens is 1. The lowest BCUT2D eigenvalue weighted by Crippen LogP contribution is -2.34. The fourth-order valence-electron chi connectivity index (χ4n) is 3.42. The van der Waals surface area contributed by atoms with Crippen LogP contribution in [0.2, 0.25) is 0 Å². The molecule has 2 aromatic carbocycles. The summed E-state index contributed by atoms with van der Waals surface area (Å²) in [6.07, 6.45) is -0.152. The molecule has 1 N–H and O–H groups in total. The van der Waals surface area contributed by atoms with E-state index in [1.54, 1.807) is 41.6 Å². The van der Waals surface area contributed by atoms with Crippen LogP contribution in [0.3, 0.4) is 0 Å². The summed E-state index contributed by atoms with van der Waals surface area (Å²) >= 11 is 1.56. The molecule has 8 heteroatoms. The van der Waals surface area contributed by atoms with E-state index in [0.29, 0.717) is 23.2 Å². The van der Waals surface area contributed by atoms with Gasteiger partial charge in [0, 0.05) is 23.3 Å². The van der Waals surface area contributed by atoms with Gasteiger partial charge in [-0.3, -0.25) is 14.3 Å². The number of benzene rings is 2. The van der Waals surface area contributed by atoms with Crippen LogP contribution in [0.15, 0.2) is 44.8 Å². The predicted octanol–water partition coefficient (Wildman–Crippen LogP) is 3.04. The second-order valence-corrected chi connectivity index (χ2v) is 7.37. The lowest BCUT2D eigenvalue weighted by atomic mass is 9.98. The van der Waals surface area contributed by atoms with Crippen molar-refractivity contribution in [3.05, 3.63) is 62.6 Å². The van der Waals surface area contributed by atoms with Crippen molar-refractivity contribution in [1.29, 1.82) is 0 Å². The molecule has 0 radical (unpaired) electrons. The van der Waals surface area contributed by atoms with Gasteiger partial charge >= 0.3 is 5.69 Å². The standard InChI is InChI=1S/C19H17FN2O3S.H2S/c1-10-7-14-16-17(15(10)11-3-5-12(20)6-4-11)26-9-13(25-2)8-22(16)19(24)21-18(14)23;/h3-7,13H,8-9H2,1-2H3,(H,21,23,24);1H2/t13-;/m0./s1. The Balaban J connectivity index is 0.00000210. The van der Waals surface area contributed by atoms with Crippen molar-refractivity contribution in [3.8, 4) is 11.1 Å². The quantitative estimate of drug-likeness (QED) is 0.711. The minimum atomic E-state index is -0.442. The van der Waals surface area contributed by atoms with Gasteiger partial charge in [-0.05, 0) is 36.2 Å². The van der Waals surface area contributed by atoms with Gasteiger partial charge in [0.05, 0.1) is 23.6 Å². The number of aromatic nitrogens is 2. The molecule has 3 aromatic rings. The molecule has 27 heavy (non-hydrogen) atoms. The van der Waals surface area contributed by atoms with Gasteiger partial charge in [-0.15, -0.1) is 11.8 Å². The van der Waals surface area contributed by atoms with E-state index in [1.165, 1.54) is 12.1 Å². The van der Waals surface area contributed by atoms with Gasteiger partial charge in [0.15, 0.2) is 0 Å². The highest BCUT2D eigenvalue weighted by Crippen LogP contribution is 2.40. The Kier molecular flexibility index (Phi) is 5.50. The van der Waals surface area contributed by atoms with Crippen LogP contribution in [0.1, 0.15) is 5.56 Å². The summed E-state index contributed by atoms with van der Waals surface area (Å²) in [5.41, 5.74) is 2.45. The lowest BCUT2D eigenvalue weighted by Gasteiger charge is -2.16. The van der Waals surface area contributed by atoms with Crippen molar-refractivity contribution in [2.45, 2.75) is 24.5 Å².